The van der Waals surface area contributed by atoms with Gasteiger partial charge in [0.1, 0.15) is 0 Å². The van der Waals surface area contributed by atoms with Crippen molar-refractivity contribution in [2.45, 2.75) is 26.3 Å². The molecular formula is C17H29N3O. The van der Waals surface area contributed by atoms with Crippen molar-refractivity contribution < 1.29 is 4.79 Å². The highest BCUT2D eigenvalue weighted by molar-refractivity contribution is 5.76. The molecule has 0 saturated carbocycles. The molecule has 0 heterocycles. The molecule has 0 aromatic heterocycles. The van der Waals surface area contributed by atoms with Crippen molar-refractivity contribution >= 4 is 11.6 Å². The molecule has 4 nitrogen and oxygen atoms in total. The first-order valence-electron chi connectivity index (χ1n) is 7.51. The van der Waals surface area contributed by atoms with E-state index in [9.17, 15) is 4.79 Å². The molecule has 0 unspecified atom stereocenters. The predicted molar refractivity (Wildman–Crippen MR) is 89.7 cm³/mol. The number of anilines is 1. The van der Waals surface area contributed by atoms with E-state index in [4.69, 9.17) is 0 Å². The summed E-state index contributed by atoms with van der Waals surface area (Å²) in [5.74, 6) is 0.518. The summed E-state index contributed by atoms with van der Waals surface area (Å²) in [6.07, 6.45) is 0.583. The lowest BCUT2D eigenvalue weighted by Crippen LogP contribution is -2.35. The Kier molecular flexibility index (Phi) is 6.69. The number of amides is 1. The third kappa shape index (κ3) is 5.76. The summed E-state index contributed by atoms with van der Waals surface area (Å²) in [7, 11) is 8.15. The fourth-order valence-electron chi connectivity index (χ4n) is 2.25. The maximum Gasteiger partial charge on any atom is 0.220 e. The summed E-state index contributed by atoms with van der Waals surface area (Å²) in [5.41, 5.74) is 2.40. The van der Waals surface area contributed by atoms with E-state index in [1.165, 1.54) is 11.3 Å². The van der Waals surface area contributed by atoms with Crippen molar-refractivity contribution in [3.8, 4) is 0 Å². The molecule has 21 heavy (non-hydrogen) atoms. The van der Waals surface area contributed by atoms with E-state index in [1.807, 2.05) is 28.2 Å². The van der Waals surface area contributed by atoms with Crippen LogP contribution in [-0.4, -0.2) is 45.5 Å². The summed E-state index contributed by atoms with van der Waals surface area (Å²) in [6, 6.07) is 8.68. The number of carbonyl (C=O) groups excluding carboxylic acids is 1. The first kappa shape index (κ1) is 17.5. The molecule has 0 aliphatic rings. The van der Waals surface area contributed by atoms with Gasteiger partial charge in [-0.2, -0.15) is 0 Å². The Labute approximate surface area is 129 Å². The number of benzene rings is 1. The van der Waals surface area contributed by atoms with Crippen molar-refractivity contribution in [2.24, 2.45) is 5.92 Å². The minimum absolute atomic E-state index is 0.127. The van der Waals surface area contributed by atoms with Gasteiger partial charge in [0.15, 0.2) is 0 Å². The standard InChI is InChI=1S/C17H29N3O/c1-13(2)11-17(21)18-12-16(20(5)6)14-7-9-15(10-8-14)19(3)4/h7-10,13,16H,11-12H2,1-6H3,(H,18,21)/t16-/m1/s1. The lowest BCUT2D eigenvalue weighted by atomic mass is 10.0. The molecule has 0 aliphatic heterocycles. The SMILES string of the molecule is CC(C)CC(=O)NC[C@H](c1ccc(N(C)C)cc1)N(C)C. The number of nitrogens with one attached hydrogen (secondary N) is 1. The molecule has 1 aromatic rings. The van der Waals surface area contributed by atoms with Crippen molar-refractivity contribution in [1.82, 2.24) is 10.2 Å². The van der Waals surface area contributed by atoms with Gasteiger partial charge in [0.05, 0.1) is 6.04 Å². The van der Waals surface area contributed by atoms with Gasteiger partial charge in [-0.05, 0) is 37.7 Å². The minimum Gasteiger partial charge on any atom is -0.378 e. The molecule has 0 spiro atoms. The summed E-state index contributed by atoms with van der Waals surface area (Å²) in [6.45, 7) is 4.76. The van der Waals surface area contributed by atoms with Crippen LogP contribution in [0.4, 0.5) is 5.69 Å². The molecule has 4 heteroatoms. The van der Waals surface area contributed by atoms with Crippen LogP contribution in [0, 0.1) is 5.92 Å². The Balaban J connectivity index is 2.71. The van der Waals surface area contributed by atoms with Crippen molar-refractivity contribution in [1.29, 1.82) is 0 Å². The van der Waals surface area contributed by atoms with E-state index in [1.54, 1.807) is 0 Å². The van der Waals surface area contributed by atoms with Crippen LogP contribution in [0.15, 0.2) is 24.3 Å². The van der Waals surface area contributed by atoms with Gasteiger partial charge in [-0.25, -0.2) is 0 Å². The number of hydrogen-bond acceptors (Lipinski definition) is 3. The van der Waals surface area contributed by atoms with Gasteiger partial charge in [-0.3, -0.25) is 4.79 Å². The molecule has 0 saturated heterocycles. The highest BCUT2D eigenvalue weighted by Gasteiger charge is 2.15. The molecule has 1 aromatic carbocycles. The zero-order chi connectivity index (χ0) is 16.0. The predicted octanol–water partition coefficient (Wildman–Crippen LogP) is 2.52. The molecule has 1 atom stereocenters. The van der Waals surface area contributed by atoms with Crippen molar-refractivity contribution in [3.05, 3.63) is 29.8 Å². The number of carbonyl (C=O) groups is 1. The molecule has 118 valence electrons. The van der Waals surface area contributed by atoms with Gasteiger partial charge < -0.3 is 15.1 Å². The van der Waals surface area contributed by atoms with E-state index < -0.39 is 0 Å². The molecule has 1 amide bonds. The van der Waals surface area contributed by atoms with E-state index in [-0.39, 0.29) is 11.9 Å². The maximum absolute atomic E-state index is 11.8. The van der Waals surface area contributed by atoms with Crippen LogP contribution in [0.2, 0.25) is 0 Å². The van der Waals surface area contributed by atoms with Crippen molar-refractivity contribution in [2.75, 3.05) is 39.6 Å². The molecule has 0 bridgehead atoms. The third-order valence-corrected chi connectivity index (χ3v) is 3.50. The second kappa shape index (κ2) is 8.03. The average molecular weight is 291 g/mol. The van der Waals surface area contributed by atoms with Gasteiger partial charge >= 0.3 is 0 Å². The highest BCUT2D eigenvalue weighted by atomic mass is 16.1. The Hall–Kier alpha value is -1.55. The Bertz CT molecular complexity index is 438. The smallest absolute Gasteiger partial charge is 0.220 e. The van der Waals surface area contributed by atoms with Crippen LogP contribution >= 0.6 is 0 Å². The molecule has 0 aliphatic carbocycles. The fourth-order valence-corrected chi connectivity index (χ4v) is 2.25. The van der Waals surface area contributed by atoms with Gasteiger partial charge in [0, 0.05) is 32.7 Å². The van der Waals surface area contributed by atoms with Crippen LogP contribution in [0.3, 0.4) is 0 Å². The summed E-state index contributed by atoms with van der Waals surface area (Å²) < 4.78 is 0. The lowest BCUT2D eigenvalue weighted by molar-refractivity contribution is -0.122. The first-order chi connectivity index (χ1) is 9.81. The average Bonchev–Trinajstić information content (AvgIpc) is 2.38. The van der Waals surface area contributed by atoms with Crippen LogP contribution in [0.25, 0.3) is 0 Å². The molecule has 0 radical (unpaired) electrons. The van der Waals surface area contributed by atoms with Gasteiger partial charge in [0.2, 0.25) is 5.91 Å². The topological polar surface area (TPSA) is 35.6 Å². The highest BCUT2D eigenvalue weighted by Crippen LogP contribution is 2.21. The largest absolute Gasteiger partial charge is 0.378 e. The Morgan fingerprint density at radius 1 is 1.10 bits per heavy atom. The van der Waals surface area contributed by atoms with Crippen molar-refractivity contribution in [3.63, 3.8) is 0 Å². The zero-order valence-electron chi connectivity index (χ0n) is 14.2. The van der Waals surface area contributed by atoms with Crippen LogP contribution < -0.4 is 10.2 Å². The second-order valence-corrected chi connectivity index (χ2v) is 6.37. The molecule has 1 rings (SSSR count). The zero-order valence-corrected chi connectivity index (χ0v) is 14.2. The van der Waals surface area contributed by atoms with E-state index in [2.05, 4.69) is 53.2 Å². The fraction of sp³-hybridized carbons (Fsp3) is 0.588. The van der Waals surface area contributed by atoms with E-state index in [0.717, 1.165) is 0 Å². The minimum atomic E-state index is 0.127. The second-order valence-electron chi connectivity index (χ2n) is 6.37. The van der Waals surface area contributed by atoms with E-state index >= 15 is 0 Å². The van der Waals surface area contributed by atoms with Gasteiger partial charge in [-0.15, -0.1) is 0 Å². The molecule has 1 N–H and O–H groups in total. The first-order valence-corrected chi connectivity index (χ1v) is 7.51. The van der Waals surface area contributed by atoms with Crippen LogP contribution in [0.5, 0.6) is 0 Å². The normalized spacial score (nSPS) is 12.6. The number of rotatable bonds is 7. The monoisotopic (exact) mass is 291 g/mol. The quantitative estimate of drug-likeness (QED) is 0.838. The Morgan fingerprint density at radius 3 is 2.10 bits per heavy atom. The van der Waals surface area contributed by atoms with E-state index in [0.29, 0.717) is 18.9 Å². The molecule has 0 fully saturated rings. The number of hydrogen-bond donors (Lipinski definition) is 1. The van der Waals surface area contributed by atoms with Crippen LogP contribution in [-0.2, 0) is 4.79 Å². The van der Waals surface area contributed by atoms with Gasteiger partial charge in [0.25, 0.3) is 0 Å². The number of nitrogens with zero attached hydrogens (tertiary/aromatic N) is 2. The van der Waals surface area contributed by atoms with Gasteiger partial charge in [-0.1, -0.05) is 26.0 Å². The summed E-state index contributed by atoms with van der Waals surface area (Å²) in [4.78, 5) is 16.0. The number of likely N-dealkylation sites (N-methyl/N-ethyl adjacent to an activating group) is 1. The lowest BCUT2D eigenvalue weighted by Gasteiger charge is -2.26. The summed E-state index contributed by atoms with van der Waals surface area (Å²) in [5, 5.41) is 3.04. The maximum atomic E-state index is 11.8. The Morgan fingerprint density at radius 2 is 1.67 bits per heavy atom. The van der Waals surface area contributed by atoms with Crippen LogP contribution in [0.1, 0.15) is 31.9 Å². The summed E-state index contributed by atoms with van der Waals surface area (Å²) >= 11 is 0. The molecular weight excluding hydrogens is 262 g/mol. The third-order valence-electron chi connectivity index (χ3n) is 3.50.